The van der Waals surface area contributed by atoms with Crippen LogP contribution in [0.5, 0.6) is 11.5 Å². The van der Waals surface area contributed by atoms with Crippen LogP contribution in [-0.2, 0) is 42.2 Å². The number of rotatable bonds is 8. The van der Waals surface area contributed by atoms with E-state index in [1.54, 1.807) is 26.0 Å². The number of fused-ring (bicyclic) bond motifs is 5. The van der Waals surface area contributed by atoms with Crippen molar-refractivity contribution in [3.05, 3.63) is 92.9 Å². The summed E-state index contributed by atoms with van der Waals surface area (Å²) in [6, 6.07) is 5.52. The van der Waals surface area contributed by atoms with E-state index in [0.717, 1.165) is 19.3 Å². The van der Waals surface area contributed by atoms with Crippen LogP contribution in [0, 0.1) is 6.92 Å². The molecule has 17 nitrogen and oxygen atoms in total. The minimum Gasteiger partial charge on any atom is -0.507 e. The number of Topliss-reactive ketones (excluding diaryl/α,β-unsaturated/α-hetero) is 3. The molecule has 1 aliphatic heterocycles. The van der Waals surface area contributed by atoms with E-state index in [1.807, 2.05) is 0 Å². The van der Waals surface area contributed by atoms with Gasteiger partial charge in [0.2, 0.25) is 23.3 Å². The number of pyridine rings is 1. The first-order valence-corrected chi connectivity index (χ1v) is 17.5. The molecule has 8 atom stereocenters. The summed E-state index contributed by atoms with van der Waals surface area (Å²) in [5.41, 5.74) is -8.89. The predicted molar refractivity (Wildman–Crippen MR) is 199 cm³/mol. The maximum atomic E-state index is 14.8. The summed E-state index contributed by atoms with van der Waals surface area (Å²) in [6.45, 7) is 3.19. The fraction of sp³-hybridized carbons (Fsp3) is 0.385. The Bertz CT molecular complexity index is 2250. The highest BCUT2D eigenvalue weighted by molar-refractivity contribution is 6.30. The van der Waals surface area contributed by atoms with Crippen molar-refractivity contribution in [1.29, 1.82) is 0 Å². The second kappa shape index (κ2) is 15.0. The van der Waals surface area contributed by atoms with E-state index in [2.05, 4.69) is 15.6 Å². The molecule has 1 saturated heterocycles. The quantitative estimate of drug-likeness (QED) is 0.167. The molecule has 1 fully saturated rings. The second-order valence-electron chi connectivity index (χ2n) is 14.2. The zero-order valence-corrected chi connectivity index (χ0v) is 32.0. The Labute approximate surface area is 331 Å². The van der Waals surface area contributed by atoms with Gasteiger partial charge < -0.3 is 55.1 Å². The number of phenolic OH excluding ortho intramolecular Hbond substituents is 2. The third kappa shape index (κ3) is 5.96. The van der Waals surface area contributed by atoms with Gasteiger partial charge in [0.25, 0.3) is 0 Å². The monoisotopic (exact) mass is 809 g/mol. The Morgan fingerprint density at radius 3 is 2.33 bits per heavy atom. The number of anilines is 1. The molecule has 0 spiro atoms. The maximum absolute atomic E-state index is 14.8. The van der Waals surface area contributed by atoms with Gasteiger partial charge in [0.15, 0.2) is 23.2 Å². The number of aliphatic hydroxyl groups excluding tert-OH is 2. The van der Waals surface area contributed by atoms with Gasteiger partial charge in [0.05, 0.1) is 47.3 Å². The average Bonchev–Trinajstić information content (AvgIpc) is 3.14. The first-order chi connectivity index (χ1) is 26.6. The molecule has 3 aliphatic carbocycles. The number of aromatic nitrogens is 1. The molecule has 0 bridgehead atoms. The number of methoxy groups -OCH3 is 3. The van der Waals surface area contributed by atoms with Gasteiger partial charge in [-0.05, 0) is 43.2 Å². The highest BCUT2D eigenvalue weighted by atomic mass is 35.5. The van der Waals surface area contributed by atoms with E-state index in [4.69, 9.17) is 18.9 Å². The molecule has 7 N–H and O–H groups in total. The molecule has 2 heterocycles. The van der Waals surface area contributed by atoms with Crippen LogP contribution in [-0.4, -0.2) is 123 Å². The number of benzene rings is 2. The number of nitrogens with one attached hydrogen (secondary N) is 2. The normalized spacial score (nSPS) is 28.9. The molecule has 302 valence electrons. The van der Waals surface area contributed by atoms with Crippen molar-refractivity contribution in [2.24, 2.45) is 0 Å². The average molecular weight is 810 g/mol. The molecular formula is C39H40ClN3O14. The number of carbonyl (C=O) groups excluding carboxylic acids is 5. The van der Waals surface area contributed by atoms with Crippen LogP contribution in [0.15, 0.2) is 48.4 Å². The number of ketones is 4. The van der Waals surface area contributed by atoms with Gasteiger partial charge in [-0.3, -0.25) is 29.0 Å². The lowest BCUT2D eigenvalue weighted by Gasteiger charge is -2.53. The van der Waals surface area contributed by atoms with E-state index >= 15 is 0 Å². The Balaban J connectivity index is 0.00000549. The van der Waals surface area contributed by atoms with Gasteiger partial charge in [-0.1, -0.05) is 6.07 Å². The zero-order chi connectivity index (χ0) is 40.6. The number of nitrogens with zero attached hydrogens (tertiary/aromatic N) is 1. The molecule has 1 unspecified atom stereocenters. The highest BCUT2D eigenvalue weighted by Gasteiger charge is 2.72. The Morgan fingerprint density at radius 1 is 1.00 bits per heavy atom. The summed E-state index contributed by atoms with van der Waals surface area (Å²) in [7, 11) is 3.62. The molecule has 1 aromatic heterocycles. The molecule has 2 aromatic carbocycles. The van der Waals surface area contributed by atoms with Gasteiger partial charge in [-0.2, -0.15) is 0 Å². The van der Waals surface area contributed by atoms with Gasteiger partial charge in [-0.15, -0.1) is 12.4 Å². The van der Waals surface area contributed by atoms with Crippen molar-refractivity contribution < 1.29 is 68.5 Å². The first kappa shape index (κ1) is 41.5. The first-order valence-electron chi connectivity index (χ1n) is 17.5. The second-order valence-corrected chi connectivity index (χ2v) is 14.2. The van der Waals surface area contributed by atoms with Crippen molar-refractivity contribution in [3.63, 3.8) is 0 Å². The van der Waals surface area contributed by atoms with E-state index in [9.17, 15) is 49.5 Å². The van der Waals surface area contributed by atoms with Gasteiger partial charge in [0.1, 0.15) is 29.8 Å². The SMILES string of the molecule is CO[C@@H]1[C@@H](O)[C@@H](OC)C(NC2=CC(=O)c3c(cc4c(c3O)C(=O)[C@]3(OC)[C@H](O)Cc5cc(C)c(CC(=O)Nc6cccnc6)c(O)c5[C@]3(O)C4=O)C2=O)O[C@H]1C.Cl. The Kier molecular flexibility index (Phi) is 10.9. The topological polar surface area (TPSA) is 260 Å². The van der Waals surface area contributed by atoms with Crippen molar-refractivity contribution in [2.75, 3.05) is 26.6 Å². The summed E-state index contributed by atoms with van der Waals surface area (Å²) >= 11 is 0. The number of aryl methyl sites for hydroxylation is 1. The van der Waals surface area contributed by atoms with Crippen LogP contribution in [0.25, 0.3) is 0 Å². The Hall–Kier alpha value is -5.11. The van der Waals surface area contributed by atoms with Crippen molar-refractivity contribution >= 4 is 47.1 Å². The van der Waals surface area contributed by atoms with Crippen LogP contribution < -0.4 is 10.6 Å². The third-order valence-corrected chi connectivity index (χ3v) is 11.2. The maximum Gasteiger partial charge on any atom is 0.228 e. The number of hydrogen-bond donors (Lipinski definition) is 7. The number of phenols is 2. The van der Waals surface area contributed by atoms with Crippen LogP contribution in [0.4, 0.5) is 5.69 Å². The minimum atomic E-state index is -3.20. The number of aromatic hydroxyl groups is 2. The fourth-order valence-corrected chi connectivity index (χ4v) is 8.56. The summed E-state index contributed by atoms with van der Waals surface area (Å²) in [5.74, 6) is -6.96. The number of aliphatic hydroxyl groups is 3. The van der Waals surface area contributed by atoms with Gasteiger partial charge in [-0.25, -0.2) is 0 Å². The Morgan fingerprint density at radius 2 is 1.70 bits per heavy atom. The molecule has 7 rings (SSSR count). The largest absolute Gasteiger partial charge is 0.507 e. The van der Waals surface area contributed by atoms with E-state index in [-0.39, 0.29) is 29.2 Å². The van der Waals surface area contributed by atoms with E-state index in [1.165, 1.54) is 32.7 Å². The van der Waals surface area contributed by atoms with Crippen LogP contribution >= 0.6 is 12.4 Å². The van der Waals surface area contributed by atoms with Crippen molar-refractivity contribution in [2.45, 2.75) is 74.6 Å². The molecule has 1 amide bonds. The molecule has 18 heteroatoms. The van der Waals surface area contributed by atoms with Crippen molar-refractivity contribution in [3.8, 4) is 11.5 Å². The molecule has 4 aliphatic rings. The molecule has 0 saturated carbocycles. The van der Waals surface area contributed by atoms with Gasteiger partial charge >= 0.3 is 0 Å². The molecular weight excluding hydrogens is 770 g/mol. The lowest BCUT2D eigenvalue weighted by molar-refractivity contribution is -0.236. The van der Waals surface area contributed by atoms with Crippen LogP contribution in [0.2, 0.25) is 0 Å². The third-order valence-electron chi connectivity index (χ3n) is 11.2. The number of halogens is 1. The van der Waals surface area contributed by atoms with Gasteiger partial charge in [0, 0.05) is 62.3 Å². The molecule has 57 heavy (non-hydrogen) atoms. The predicted octanol–water partition coefficient (Wildman–Crippen LogP) is 0.961. The van der Waals surface area contributed by atoms with E-state index in [0.29, 0.717) is 11.3 Å². The van der Waals surface area contributed by atoms with Crippen molar-refractivity contribution in [1.82, 2.24) is 10.3 Å². The van der Waals surface area contributed by atoms with Crippen LogP contribution in [0.3, 0.4) is 0 Å². The number of carbonyl (C=O) groups is 5. The standard InChI is InChI=1S/C39H39N3O14.ClH/c1-15-9-17-10-24(44)39(55-5)36(51)27-21(35(50)38(39,52)28(17)30(47)19(15)12-25(45)41-18-7-6-8-40-14-18)11-20-26(31(27)48)23(43)13-22(29(20)46)42-37-34(54-4)32(49)33(53-3)16(2)56-37;/h6-9,11,13-14,16,24,32-34,37,42,44,47-49,52H,10,12H2,1-5H3,(H,41,45);1H/t16-,24+,32+,33-,34+,37?,38-,39+;/m0./s1. The molecule has 0 radical (unpaired) electrons. The fourth-order valence-electron chi connectivity index (χ4n) is 8.56. The minimum absolute atomic E-state index is 0. The smallest absolute Gasteiger partial charge is 0.228 e. The zero-order valence-electron chi connectivity index (χ0n) is 31.2. The number of hydrogen-bond acceptors (Lipinski definition) is 16. The van der Waals surface area contributed by atoms with Crippen LogP contribution in [0.1, 0.15) is 70.6 Å². The highest BCUT2D eigenvalue weighted by Crippen LogP contribution is 2.56. The summed E-state index contributed by atoms with van der Waals surface area (Å²) < 4.78 is 22.2. The molecule has 3 aromatic rings. The number of ether oxygens (including phenoxy) is 4. The number of amides is 1. The van der Waals surface area contributed by atoms with E-state index < -0.39 is 129 Å². The summed E-state index contributed by atoms with van der Waals surface area (Å²) in [5, 5.41) is 64.0. The summed E-state index contributed by atoms with van der Waals surface area (Å²) in [4.78, 5) is 74.2. The number of allylic oxidation sites excluding steroid dienone is 2. The lowest BCUT2D eigenvalue weighted by atomic mass is 9.56. The summed E-state index contributed by atoms with van der Waals surface area (Å²) in [6.07, 6.45) is -4.06. The lowest BCUT2D eigenvalue weighted by Crippen LogP contribution is -2.73.